The molecule has 100 valence electrons. The molecule has 0 radical (unpaired) electrons. The average Bonchev–Trinajstić information content (AvgIpc) is 2.86. The van der Waals surface area contributed by atoms with Gasteiger partial charge in [0.25, 0.3) is 0 Å². The van der Waals surface area contributed by atoms with Crippen molar-refractivity contribution in [2.75, 3.05) is 7.11 Å². The van der Waals surface area contributed by atoms with Crippen LogP contribution in [0.15, 0.2) is 24.3 Å². The van der Waals surface area contributed by atoms with Gasteiger partial charge in [0.2, 0.25) is 0 Å². The fraction of sp³-hybridized carbons (Fsp3) is 0.625. The zero-order valence-electron chi connectivity index (χ0n) is 11.8. The maximum absolute atomic E-state index is 5.43. The molecule has 0 aromatic heterocycles. The minimum absolute atomic E-state index is 0.363. The summed E-state index contributed by atoms with van der Waals surface area (Å²) in [5.74, 6) is 1.91. The summed E-state index contributed by atoms with van der Waals surface area (Å²) >= 11 is 0. The van der Waals surface area contributed by atoms with Crippen molar-refractivity contribution in [3.05, 3.63) is 29.8 Å². The molecule has 0 heterocycles. The van der Waals surface area contributed by atoms with E-state index >= 15 is 0 Å². The monoisotopic (exact) mass is 247 g/mol. The molecule has 0 bridgehead atoms. The molecule has 2 heteroatoms. The molecule has 0 aliphatic heterocycles. The van der Waals surface area contributed by atoms with Gasteiger partial charge in [-0.3, -0.25) is 0 Å². The topological polar surface area (TPSA) is 21.3 Å². The van der Waals surface area contributed by atoms with Crippen LogP contribution in [0.3, 0.4) is 0 Å². The van der Waals surface area contributed by atoms with E-state index in [1.807, 2.05) is 12.1 Å². The van der Waals surface area contributed by atoms with E-state index in [-0.39, 0.29) is 0 Å². The van der Waals surface area contributed by atoms with Crippen molar-refractivity contribution < 1.29 is 4.74 Å². The lowest BCUT2D eigenvalue weighted by Crippen LogP contribution is -2.29. The van der Waals surface area contributed by atoms with Crippen LogP contribution in [0.2, 0.25) is 0 Å². The lowest BCUT2D eigenvalue weighted by Gasteiger charge is -2.21. The maximum atomic E-state index is 5.43. The molecule has 3 atom stereocenters. The minimum atomic E-state index is 0.363. The number of rotatable bonds is 5. The standard InChI is InChI=1S/C16H25NO/c1-4-13-9-10-14(11-13)17-12(2)15-7-5-6-8-16(15)18-3/h5-8,12-14,17H,4,9-11H2,1-3H3/t12-,13?,14?/m1/s1. The Balaban J connectivity index is 1.97. The van der Waals surface area contributed by atoms with Gasteiger partial charge in [-0.1, -0.05) is 31.5 Å². The molecule has 2 nitrogen and oxygen atoms in total. The first kappa shape index (κ1) is 13.4. The lowest BCUT2D eigenvalue weighted by atomic mass is 10.0. The van der Waals surface area contributed by atoms with Crippen molar-refractivity contribution in [2.45, 2.75) is 51.6 Å². The third-order valence-corrected chi connectivity index (χ3v) is 4.21. The molecule has 18 heavy (non-hydrogen) atoms. The molecule has 2 rings (SSSR count). The number of para-hydroxylation sites is 1. The Kier molecular flexibility index (Phi) is 4.65. The summed E-state index contributed by atoms with van der Waals surface area (Å²) in [5, 5.41) is 3.75. The third kappa shape index (κ3) is 3.05. The molecule has 1 saturated carbocycles. The highest BCUT2D eigenvalue weighted by Crippen LogP contribution is 2.31. The van der Waals surface area contributed by atoms with Crippen molar-refractivity contribution in [3.8, 4) is 5.75 Å². The molecule has 1 fully saturated rings. The highest BCUT2D eigenvalue weighted by molar-refractivity contribution is 5.35. The second-order valence-electron chi connectivity index (χ2n) is 5.41. The maximum Gasteiger partial charge on any atom is 0.123 e. The summed E-state index contributed by atoms with van der Waals surface area (Å²) in [7, 11) is 1.74. The molecule has 1 aromatic carbocycles. The molecular weight excluding hydrogens is 222 g/mol. The number of ether oxygens (including phenoxy) is 1. The summed E-state index contributed by atoms with van der Waals surface area (Å²) < 4.78 is 5.43. The Morgan fingerprint density at radius 1 is 1.33 bits per heavy atom. The van der Waals surface area contributed by atoms with Gasteiger partial charge in [0.05, 0.1) is 7.11 Å². The van der Waals surface area contributed by atoms with Crippen molar-refractivity contribution in [1.82, 2.24) is 5.32 Å². The predicted octanol–water partition coefficient (Wildman–Crippen LogP) is 3.92. The molecule has 1 N–H and O–H groups in total. The second kappa shape index (κ2) is 6.24. The second-order valence-corrected chi connectivity index (χ2v) is 5.41. The number of hydrogen-bond acceptors (Lipinski definition) is 2. The van der Waals surface area contributed by atoms with Gasteiger partial charge in [-0.25, -0.2) is 0 Å². The first-order chi connectivity index (χ1) is 8.74. The van der Waals surface area contributed by atoms with Crippen LogP contribution >= 0.6 is 0 Å². The Labute approximate surface area is 111 Å². The van der Waals surface area contributed by atoms with E-state index in [0.717, 1.165) is 11.7 Å². The third-order valence-electron chi connectivity index (χ3n) is 4.21. The van der Waals surface area contributed by atoms with E-state index in [1.54, 1.807) is 7.11 Å². The van der Waals surface area contributed by atoms with Crippen molar-refractivity contribution in [3.63, 3.8) is 0 Å². The Morgan fingerprint density at radius 2 is 2.11 bits per heavy atom. The van der Waals surface area contributed by atoms with Gasteiger partial charge in [-0.2, -0.15) is 0 Å². The zero-order valence-corrected chi connectivity index (χ0v) is 11.8. The highest BCUT2D eigenvalue weighted by Gasteiger charge is 2.25. The van der Waals surface area contributed by atoms with Crippen LogP contribution in [0.4, 0.5) is 0 Å². The molecule has 1 aromatic rings. The van der Waals surface area contributed by atoms with Crippen LogP contribution in [-0.4, -0.2) is 13.2 Å². The number of methoxy groups -OCH3 is 1. The van der Waals surface area contributed by atoms with E-state index in [9.17, 15) is 0 Å². The van der Waals surface area contributed by atoms with Gasteiger partial charge in [0, 0.05) is 17.6 Å². The normalized spacial score (nSPS) is 25.1. The van der Waals surface area contributed by atoms with Gasteiger partial charge in [-0.05, 0) is 38.2 Å². The molecule has 0 amide bonds. The fourth-order valence-electron chi connectivity index (χ4n) is 3.06. The largest absolute Gasteiger partial charge is 0.496 e. The van der Waals surface area contributed by atoms with Crippen molar-refractivity contribution in [1.29, 1.82) is 0 Å². The minimum Gasteiger partial charge on any atom is -0.496 e. The van der Waals surface area contributed by atoms with E-state index < -0.39 is 0 Å². The van der Waals surface area contributed by atoms with Crippen LogP contribution in [0.5, 0.6) is 5.75 Å². The fourth-order valence-corrected chi connectivity index (χ4v) is 3.06. The Morgan fingerprint density at radius 3 is 2.78 bits per heavy atom. The first-order valence-corrected chi connectivity index (χ1v) is 7.13. The molecular formula is C16H25NO. The van der Waals surface area contributed by atoms with Gasteiger partial charge < -0.3 is 10.1 Å². The Hall–Kier alpha value is -1.02. The molecule has 0 spiro atoms. The zero-order chi connectivity index (χ0) is 13.0. The van der Waals surface area contributed by atoms with E-state index in [0.29, 0.717) is 12.1 Å². The SMILES string of the molecule is CCC1CCC(N[C@H](C)c2ccccc2OC)C1. The van der Waals surface area contributed by atoms with Crippen LogP contribution < -0.4 is 10.1 Å². The summed E-state index contributed by atoms with van der Waals surface area (Å²) in [6, 6.07) is 9.34. The summed E-state index contributed by atoms with van der Waals surface area (Å²) in [6.07, 6.45) is 5.35. The van der Waals surface area contributed by atoms with E-state index in [4.69, 9.17) is 4.74 Å². The van der Waals surface area contributed by atoms with Crippen LogP contribution in [0, 0.1) is 5.92 Å². The van der Waals surface area contributed by atoms with Crippen LogP contribution in [0.1, 0.15) is 51.1 Å². The van der Waals surface area contributed by atoms with Crippen LogP contribution in [-0.2, 0) is 0 Å². The van der Waals surface area contributed by atoms with Crippen molar-refractivity contribution >= 4 is 0 Å². The van der Waals surface area contributed by atoms with Crippen LogP contribution in [0.25, 0.3) is 0 Å². The van der Waals surface area contributed by atoms with E-state index in [2.05, 4.69) is 31.3 Å². The van der Waals surface area contributed by atoms with Gasteiger partial charge >= 0.3 is 0 Å². The highest BCUT2D eigenvalue weighted by atomic mass is 16.5. The van der Waals surface area contributed by atoms with Gasteiger partial charge in [0.15, 0.2) is 0 Å². The summed E-state index contributed by atoms with van der Waals surface area (Å²) in [6.45, 7) is 4.54. The summed E-state index contributed by atoms with van der Waals surface area (Å²) in [4.78, 5) is 0. The first-order valence-electron chi connectivity index (χ1n) is 7.13. The molecule has 2 unspecified atom stereocenters. The lowest BCUT2D eigenvalue weighted by molar-refractivity contribution is 0.390. The average molecular weight is 247 g/mol. The number of nitrogens with one attached hydrogen (secondary N) is 1. The quantitative estimate of drug-likeness (QED) is 0.851. The van der Waals surface area contributed by atoms with Crippen molar-refractivity contribution in [2.24, 2.45) is 5.92 Å². The van der Waals surface area contributed by atoms with E-state index in [1.165, 1.54) is 31.2 Å². The molecule has 1 aliphatic rings. The van der Waals surface area contributed by atoms with Gasteiger partial charge in [0.1, 0.15) is 5.75 Å². The molecule has 0 saturated heterocycles. The number of hydrogen-bond donors (Lipinski definition) is 1. The smallest absolute Gasteiger partial charge is 0.123 e. The summed E-state index contributed by atoms with van der Waals surface area (Å²) in [5.41, 5.74) is 1.26. The molecule has 1 aliphatic carbocycles. The predicted molar refractivity (Wildman–Crippen MR) is 76.0 cm³/mol. The van der Waals surface area contributed by atoms with Gasteiger partial charge in [-0.15, -0.1) is 0 Å². The Bertz CT molecular complexity index is 377. The number of benzene rings is 1.